The van der Waals surface area contributed by atoms with E-state index in [0.29, 0.717) is 22.9 Å². The van der Waals surface area contributed by atoms with Crippen molar-refractivity contribution in [2.24, 2.45) is 10.8 Å². The molecule has 4 heterocycles. The number of hydrogen-bond donors (Lipinski definition) is 0. The summed E-state index contributed by atoms with van der Waals surface area (Å²) in [5.41, 5.74) is 1.99. The van der Waals surface area contributed by atoms with Crippen molar-refractivity contribution in [3.63, 3.8) is 0 Å². The Balaban J connectivity index is 1.48. The van der Waals surface area contributed by atoms with Gasteiger partial charge in [0.15, 0.2) is 11.5 Å². The van der Waals surface area contributed by atoms with Crippen LogP contribution in [-0.2, 0) is 24.4 Å². The molecule has 2 aliphatic rings. The van der Waals surface area contributed by atoms with E-state index in [1.54, 1.807) is 0 Å². The molecule has 0 saturated heterocycles. The van der Waals surface area contributed by atoms with Crippen molar-refractivity contribution < 1.29 is 22.0 Å². The lowest BCUT2D eigenvalue weighted by atomic mass is 9.78. The molecule has 0 amide bonds. The van der Waals surface area contributed by atoms with E-state index in [1.165, 1.54) is 16.9 Å². The largest absolute Gasteiger partial charge is 0.435 e. The number of halogens is 5. The third-order valence-corrected chi connectivity index (χ3v) is 10.1. The van der Waals surface area contributed by atoms with Gasteiger partial charge in [-0.25, -0.2) is 9.67 Å². The number of rotatable bonds is 8. The monoisotopic (exact) mass is 637 g/mol. The van der Waals surface area contributed by atoms with Crippen LogP contribution in [0, 0.1) is 22.7 Å². The predicted octanol–water partition coefficient (Wildman–Crippen LogP) is 9.59. The van der Waals surface area contributed by atoms with Crippen LogP contribution in [0.2, 0.25) is 0 Å². The van der Waals surface area contributed by atoms with Gasteiger partial charge in [-0.2, -0.15) is 32.0 Å². The maximum Gasteiger partial charge on any atom is 0.435 e. The third kappa shape index (κ3) is 6.72. The first-order chi connectivity index (χ1) is 21.6. The van der Waals surface area contributed by atoms with Crippen molar-refractivity contribution in [2.75, 3.05) is 0 Å². The molecule has 10 heteroatoms. The highest BCUT2D eigenvalue weighted by atomic mass is 19.4. The molecule has 0 N–H and O–H groups in total. The minimum absolute atomic E-state index is 0.0798. The van der Waals surface area contributed by atoms with Crippen LogP contribution in [0.3, 0.4) is 0 Å². The fourth-order valence-corrected chi connectivity index (χ4v) is 7.39. The lowest BCUT2D eigenvalue weighted by Gasteiger charge is -2.29. The maximum atomic E-state index is 15.0. The minimum atomic E-state index is -4.58. The van der Waals surface area contributed by atoms with E-state index in [1.807, 2.05) is 38.1 Å². The molecule has 0 bridgehead atoms. The Hall–Kier alpha value is -3.69. The van der Waals surface area contributed by atoms with Gasteiger partial charge in [-0.15, -0.1) is 0 Å². The fraction of sp³-hybridized carbons (Fsp3) is 0.500. The molecule has 0 atom stereocenters. The Morgan fingerprint density at radius 2 is 1.28 bits per heavy atom. The Labute approximate surface area is 266 Å². The first-order valence-corrected chi connectivity index (χ1v) is 16.1. The number of nitrogens with zero attached hydrogens (tertiary/aromatic N) is 5. The Morgan fingerprint density at radius 3 is 1.83 bits per heavy atom. The van der Waals surface area contributed by atoms with E-state index in [4.69, 9.17) is 9.97 Å². The normalized spacial score (nSPS) is 17.9. The molecule has 5 nitrogen and oxygen atoms in total. The number of pyridine rings is 3. The summed E-state index contributed by atoms with van der Waals surface area (Å²) in [6.45, 7) is 8.46. The quantitative estimate of drug-likeness (QED) is 0.143. The zero-order chi connectivity index (χ0) is 32.9. The predicted molar refractivity (Wildman–Crippen MR) is 166 cm³/mol. The van der Waals surface area contributed by atoms with E-state index in [-0.39, 0.29) is 16.4 Å². The van der Waals surface area contributed by atoms with E-state index in [2.05, 4.69) is 23.9 Å². The highest BCUT2D eigenvalue weighted by molar-refractivity contribution is 5.60. The van der Waals surface area contributed by atoms with Crippen molar-refractivity contribution in [3.05, 3.63) is 88.8 Å². The molecule has 0 spiro atoms. The van der Waals surface area contributed by atoms with Crippen LogP contribution in [0.4, 0.5) is 22.0 Å². The van der Waals surface area contributed by atoms with Gasteiger partial charge in [0.2, 0.25) is 11.9 Å². The van der Waals surface area contributed by atoms with E-state index >= 15 is 4.39 Å². The van der Waals surface area contributed by atoms with Crippen LogP contribution in [0.25, 0.3) is 17.1 Å². The molecule has 2 aliphatic carbocycles. The molecular formula is C36H40F5N5. The van der Waals surface area contributed by atoms with Crippen LogP contribution in [0.15, 0.2) is 48.7 Å². The Kier molecular flexibility index (Phi) is 8.30. The van der Waals surface area contributed by atoms with E-state index < -0.39 is 29.2 Å². The minimum Gasteiger partial charge on any atom is -0.252 e. The van der Waals surface area contributed by atoms with Crippen molar-refractivity contribution in [1.82, 2.24) is 24.7 Å². The molecule has 2 saturated carbocycles. The zero-order valence-corrected chi connectivity index (χ0v) is 26.8. The van der Waals surface area contributed by atoms with Crippen molar-refractivity contribution >= 4 is 0 Å². The smallest absolute Gasteiger partial charge is 0.252 e. The van der Waals surface area contributed by atoms with E-state index in [0.717, 1.165) is 87.5 Å². The molecule has 0 unspecified atom stereocenters. The number of aromatic nitrogens is 5. The molecule has 46 heavy (non-hydrogen) atoms. The van der Waals surface area contributed by atoms with Gasteiger partial charge in [0.1, 0.15) is 0 Å². The third-order valence-electron chi connectivity index (χ3n) is 10.1. The van der Waals surface area contributed by atoms with Crippen LogP contribution in [0.5, 0.6) is 0 Å². The first-order valence-electron chi connectivity index (χ1n) is 16.1. The molecule has 244 valence electrons. The highest BCUT2D eigenvalue weighted by Crippen LogP contribution is 2.43. The average Bonchev–Trinajstić information content (AvgIpc) is 3.74. The molecule has 0 aliphatic heterocycles. The van der Waals surface area contributed by atoms with Crippen LogP contribution >= 0.6 is 0 Å². The second-order valence-electron chi connectivity index (χ2n) is 14.6. The van der Waals surface area contributed by atoms with Gasteiger partial charge in [0.25, 0.3) is 0 Å². The van der Waals surface area contributed by atoms with Gasteiger partial charge in [0.05, 0.1) is 22.6 Å². The molecule has 0 radical (unpaired) electrons. The van der Waals surface area contributed by atoms with Gasteiger partial charge >= 0.3 is 6.18 Å². The number of alkyl halides is 3. The molecular weight excluding hydrogens is 597 g/mol. The van der Waals surface area contributed by atoms with Gasteiger partial charge in [-0.1, -0.05) is 39.5 Å². The summed E-state index contributed by atoms with van der Waals surface area (Å²) < 4.78 is 70.4. The summed E-state index contributed by atoms with van der Waals surface area (Å²) in [6.07, 6.45) is 7.17. The van der Waals surface area contributed by atoms with Gasteiger partial charge < -0.3 is 0 Å². The second-order valence-corrected chi connectivity index (χ2v) is 14.6. The lowest BCUT2D eigenvalue weighted by molar-refractivity contribution is -0.141. The van der Waals surface area contributed by atoms with Gasteiger partial charge in [-0.3, -0.25) is 4.98 Å². The van der Waals surface area contributed by atoms with Crippen LogP contribution in [-0.4, -0.2) is 24.7 Å². The molecule has 6 rings (SSSR count). The van der Waals surface area contributed by atoms with Gasteiger partial charge in [0, 0.05) is 11.6 Å². The Morgan fingerprint density at radius 1 is 0.717 bits per heavy atom. The molecule has 2 fully saturated rings. The van der Waals surface area contributed by atoms with Crippen molar-refractivity contribution in [3.8, 4) is 17.1 Å². The summed E-state index contributed by atoms with van der Waals surface area (Å²) in [6, 6.07) is 11.2. The summed E-state index contributed by atoms with van der Waals surface area (Å²) in [7, 11) is 0. The molecule has 0 aromatic carbocycles. The van der Waals surface area contributed by atoms with Crippen LogP contribution in [0.1, 0.15) is 107 Å². The van der Waals surface area contributed by atoms with Crippen molar-refractivity contribution in [2.45, 2.75) is 103 Å². The summed E-state index contributed by atoms with van der Waals surface area (Å²) in [5.74, 6) is -1.55. The number of hydrogen-bond acceptors (Lipinski definition) is 4. The van der Waals surface area contributed by atoms with Crippen molar-refractivity contribution in [1.29, 1.82) is 0 Å². The zero-order valence-electron chi connectivity index (χ0n) is 26.8. The molecule has 4 aromatic rings. The van der Waals surface area contributed by atoms with Crippen LogP contribution < -0.4 is 0 Å². The Bertz CT molecular complexity index is 1730. The van der Waals surface area contributed by atoms with E-state index in [9.17, 15) is 17.6 Å². The lowest BCUT2D eigenvalue weighted by Crippen LogP contribution is -2.25. The van der Waals surface area contributed by atoms with Gasteiger partial charge in [-0.05, 0) is 117 Å². The first kappa shape index (κ1) is 32.3. The highest BCUT2D eigenvalue weighted by Gasteiger charge is 2.36. The summed E-state index contributed by atoms with van der Waals surface area (Å²) in [5, 5.41) is 3.82. The standard InChI is InChI=1S/C36H40F5N5/c1-33(2,28-18-23(21-34(3)12-5-6-13-34)17-26(42-28)25-9-10-30(37)44-32(25)38)29-19-24(22-35(4)14-7-8-15-35)20-31(43-29)46-16-11-27(45-46)36(39,40)41/h9-11,16-20H,5-8,12-15,21-22H2,1-4H3. The SMILES string of the molecule is CC1(Cc2cc(-c3ccc(F)nc3F)nc(C(C)(C)c3cc(CC4(C)CCCC4)cc(-n4ccc(C(F)(F)F)n4)n3)c2)CCCC1. The second kappa shape index (κ2) is 11.8. The summed E-state index contributed by atoms with van der Waals surface area (Å²) in [4.78, 5) is 13.2. The fourth-order valence-electron chi connectivity index (χ4n) is 7.39. The molecule has 4 aromatic heterocycles. The topological polar surface area (TPSA) is 56.5 Å². The average molecular weight is 638 g/mol. The maximum absolute atomic E-state index is 15.0. The summed E-state index contributed by atoms with van der Waals surface area (Å²) >= 11 is 0.